The number of nitrogens with one attached hydrogen (secondary N) is 2. The smallest absolute Gasteiger partial charge is 0.376 e. The Morgan fingerprint density at radius 2 is 2.05 bits per heavy atom. The quantitative estimate of drug-likeness (QED) is 0.653. The highest BCUT2D eigenvalue weighted by Gasteiger charge is 2.53. The van der Waals surface area contributed by atoms with Crippen molar-refractivity contribution < 1.29 is 18.1 Å². The maximum absolute atomic E-state index is 12.6. The van der Waals surface area contributed by atoms with Crippen LogP contribution in [0.2, 0.25) is 0 Å². The van der Waals surface area contributed by atoms with Crippen molar-refractivity contribution in [1.29, 1.82) is 0 Å². The molecule has 9 heteroatoms. The van der Waals surface area contributed by atoms with Gasteiger partial charge in [0, 0.05) is 19.1 Å². The molecule has 0 spiro atoms. The molecular weight excluding hydrogens is 277 g/mol. The Kier molecular flexibility index (Phi) is 2.82. The second-order valence-corrected chi connectivity index (χ2v) is 5.00. The number of halogens is 3. The normalized spacial score (nSPS) is 28.1. The number of hydrogen-bond donors (Lipinski definition) is 2. The SMILES string of the molecule is O=[N+]([O-])c1cnc(C(F)(F)F)cc1NC1C2CNCC21. The van der Waals surface area contributed by atoms with Gasteiger partial charge in [-0.05, 0) is 17.9 Å². The van der Waals surface area contributed by atoms with E-state index in [0.29, 0.717) is 24.1 Å². The molecule has 2 fully saturated rings. The lowest BCUT2D eigenvalue weighted by Gasteiger charge is -2.11. The third kappa shape index (κ3) is 2.17. The number of piperidine rings is 1. The van der Waals surface area contributed by atoms with E-state index in [9.17, 15) is 23.3 Å². The summed E-state index contributed by atoms with van der Waals surface area (Å²) in [6.07, 6.45) is -3.96. The molecule has 3 rings (SSSR count). The maximum atomic E-state index is 12.6. The number of rotatable bonds is 3. The van der Waals surface area contributed by atoms with Crippen molar-refractivity contribution in [3.8, 4) is 0 Å². The van der Waals surface area contributed by atoms with Gasteiger partial charge >= 0.3 is 11.9 Å². The Hall–Kier alpha value is -1.90. The van der Waals surface area contributed by atoms with Crippen molar-refractivity contribution in [2.24, 2.45) is 11.8 Å². The summed E-state index contributed by atoms with van der Waals surface area (Å²) in [7, 11) is 0. The number of pyridine rings is 1. The van der Waals surface area contributed by atoms with Crippen LogP contribution < -0.4 is 10.6 Å². The van der Waals surface area contributed by atoms with E-state index >= 15 is 0 Å². The van der Waals surface area contributed by atoms with Crippen LogP contribution in [0.5, 0.6) is 0 Å². The summed E-state index contributed by atoms with van der Waals surface area (Å²) < 4.78 is 37.8. The second-order valence-electron chi connectivity index (χ2n) is 5.00. The molecule has 1 aromatic heterocycles. The summed E-state index contributed by atoms with van der Waals surface area (Å²) in [4.78, 5) is 13.2. The van der Waals surface area contributed by atoms with Crippen LogP contribution in [0.1, 0.15) is 5.69 Å². The first-order chi connectivity index (χ1) is 9.38. The summed E-state index contributed by atoms with van der Waals surface area (Å²) in [5.41, 5.74) is -1.68. The molecule has 1 saturated heterocycles. The van der Waals surface area contributed by atoms with Gasteiger partial charge in [-0.2, -0.15) is 13.2 Å². The molecule has 1 aliphatic carbocycles. The molecule has 1 aliphatic heterocycles. The first-order valence-electron chi connectivity index (χ1n) is 6.07. The lowest BCUT2D eigenvalue weighted by Crippen LogP contribution is -2.22. The zero-order valence-corrected chi connectivity index (χ0v) is 10.1. The second kappa shape index (κ2) is 4.30. The highest BCUT2D eigenvalue weighted by Crippen LogP contribution is 2.45. The molecule has 2 unspecified atom stereocenters. The first kappa shape index (κ1) is 13.1. The molecule has 20 heavy (non-hydrogen) atoms. The molecule has 0 radical (unpaired) electrons. The lowest BCUT2D eigenvalue weighted by molar-refractivity contribution is -0.384. The van der Waals surface area contributed by atoms with Crippen LogP contribution in [0.25, 0.3) is 0 Å². The number of nitro groups is 1. The van der Waals surface area contributed by atoms with E-state index in [0.717, 1.165) is 13.1 Å². The highest BCUT2D eigenvalue weighted by atomic mass is 19.4. The van der Waals surface area contributed by atoms with E-state index in [1.807, 2.05) is 0 Å². The molecule has 0 amide bonds. The number of alkyl halides is 3. The largest absolute Gasteiger partial charge is 0.433 e. The summed E-state index contributed by atoms with van der Waals surface area (Å²) in [6.45, 7) is 1.57. The molecule has 108 valence electrons. The van der Waals surface area contributed by atoms with Gasteiger partial charge in [-0.3, -0.25) is 10.1 Å². The molecule has 6 nitrogen and oxygen atoms in total. The third-order valence-electron chi connectivity index (χ3n) is 3.78. The Morgan fingerprint density at radius 3 is 2.60 bits per heavy atom. The number of hydrogen-bond acceptors (Lipinski definition) is 5. The van der Waals surface area contributed by atoms with E-state index in [4.69, 9.17) is 0 Å². The van der Waals surface area contributed by atoms with Gasteiger partial charge in [0.25, 0.3) is 0 Å². The zero-order valence-electron chi connectivity index (χ0n) is 10.1. The Morgan fingerprint density at radius 1 is 1.40 bits per heavy atom. The molecule has 2 heterocycles. The van der Waals surface area contributed by atoms with Crippen molar-refractivity contribution in [2.75, 3.05) is 18.4 Å². The van der Waals surface area contributed by atoms with Crippen molar-refractivity contribution in [3.05, 3.63) is 28.1 Å². The molecular formula is C11H11F3N4O2. The minimum Gasteiger partial charge on any atom is -0.376 e. The van der Waals surface area contributed by atoms with Crippen LogP contribution >= 0.6 is 0 Å². The molecule has 1 aromatic rings. The van der Waals surface area contributed by atoms with Crippen LogP contribution in [0.4, 0.5) is 24.5 Å². The predicted octanol–water partition coefficient (Wildman–Crippen LogP) is 1.64. The van der Waals surface area contributed by atoms with E-state index in [1.165, 1.54) is 0 Å². The van der Waals surface area contributed by atoms with Crippen molar-refractivity contribution in [2.45, 2.75) is 12.2 Å². The molecule has 2 atom stereocenters. The molecule has 2 aliphatic rings. The van der Waals surface area contributed by atoms with Gasteiger partial charge in [0.2, 0.25) is 0 Å². The van der Waals surface area contributed by atoms with E-state index in [2.05, 4.69) is 15.6 Å². The van der Waals surface area contributed by atoms with Crippen LogP contribution in [-0.2, 0) is 6.18 Å². The van der Waals surface area contributed by atoms with Crippen LogP contribution in [0.3, 0.4) is 0 Å². The van der Waals surface area contributed by atoms with Gasteiger partial charge in [0.15, 0.2) is 0 Å². The van der Waals surface area contributed by atoms with E-state index in [1.54, 1.807) is 0 Å². The number of aromatic nitrogens is 1. The minimum absolute atomic E-state index is 0.00145. The summed E-state index contributed by atoms with van der Waals surface area (Å²) >= 11 is 0. The van der Waals surface area contributed by atoms with Crippen molar-refractivity contribution >= 4 is 11.4 Å². The average molecular weight is 288 g/mol. The standard InChI is InChI=1S/C11H11F3N4O2/c12-11(13,14)9-1-7(8(4-16-9)18(19)20)17-10-5-2-15-3-6(5)10/h1,4-6,10,15H,2-3H2,(H,16,17). The third-order valence-corrected chi connectivity index (χ3v) is 3.78. The lowest BCUT2D eigenvalue weighted by atomic mass is 10.2. The monoisotopic (exact) mass is 288 g/mol. The van der Waals surface area contributed by atoms with E-state index in [-0.39, 0.29) is 11.7 Å². The zero-order chi connectivity index (χ0) is 14.5. The molecule has 1 saturated carbocycles. The fourth-order valence-electron chi connectivity index (χ4n) is 2.68. The number of fused-ring (bicyclic) bond motifs is 1. The van der Waals surface area contributed by atoms with Crippen molar-refractivity contribution in [1.82, 2.24) is 10.3 Å². The van der Waals surface area contributed by atoms with Gasteiger partial charge < -0.3 is 10.6 Å². The summed E-state index contributed by atoms with van der Waals surface area (Å²) in [5.74, 6) is 0.661. The molecule has 0 bridgehead atoms. The Balaban J connectivity index is 1.88. The number of anilines is 1. The predicted molar refractivity (Wildman–Crippen MR) is 63.2 cm³/mol. The Labute approximate surface area is 111 Å². The first-order valence-corrected chi connectivity index (χ1v) is 6.07. The van der Waals surface area contributed by atoms with E-state index < -0.39 is 22.5 Å². The maximum Gasteiger partial charge on any atom is 0.433 e. The van der Waals surface area contributed by atoms with Gasteiger partial charge in [-0.1, -0.05) is 0 Å². The van der Waals surface area contributed by atoms with Gasteiger partial charge in [-0.15, -0.1) is 0 Å². The fraction of sp³-hybridized carbons (Fsp3) is 0.545. The molecule has 2 N–H and O–H groups in total. The van der Waals surface area contributed by atoms with Crippen LogP contribution in [0, 0.1) is 22.0 Å². The van der Waals surface area contributed by atoms with Gasteiger partial charge in [0.1, 0.15) is 17.6 Å². The van der Waals surface area contributed by atoms with Gasteiger partial charge in [0.05, 0.1) is 4.92 Å². The number of nitrogens with zero attached hydrogens (tertiary/aromatic N) is 2. The minimum atomic E-state index is -4.62. The average Bonchev–Trinajstić information content (AvgIpc) is 2.82. The summed E-state index contributed by atoms with van der Waals surface area (Å²) in [6, 6.07) is 0.706. The van der Waals surface area contributed by atoms with Crippen LogP contribution in [0.15, 0.2) is 12.3 Å². The van der Waals surface area contributed by atoms with Crippen LogP contribution in [-0.4, -0.2) is 29.0 Å². The highest BCUT2D eigenvalue weighted by molar-refractivity contribution is 5.62. The van der Waals surface area contributed by atoms with Gasteiger partial charge in [-0.25, -0.2) is 4.98 Å². The fourth-order valence-corrected chi connectivity index (χ4v) is 2.68. The topological polar surface area (TPSA) is 80.1 Å². The summed E-state index contributed by atoms with van der Waals surface area (Å²) in [5, 5.41) is 16.9. The molecule has 0 aromatic carbocycles. The van der Waals surface area contributed by atoms with Crippen molar-refractivity contribution in [3.63, 3.8) is 0 Å². The Bertz CT molecular complexity index is 553.